The Morgan fingerprint density at radius 3 is 2.56 bits per heavy atom. The number of halogens is 1. The van der Waals surface area contributed by atoms with Gasteiger partial charge in [0.15, 0.2) is 0 Å². The molecule has 0 spiro atoms. The number of benzene rings is 1. The third-order valence-electron chi connectivity index (χ3n) is 2.71. The minimum absolute atomic E-state index is 0.140. The molecule has 1 saturated carbocycles. The molecule has 88 valence electrons. The molecule has 4 nitrogen and oxygen atoms in total. The van der Waals surface area contributed by atoms with Crippen LogP contribution < -0.4 is 5.73 Å². The highest BCUT2D eigenvalue weighted by atomic mass is 35.5. The summed E-state index contributed by atoms with van der Waals surface area (Å²) in [5.41, 5.74) is 5.92. The summed E-state index contributed by atoms with van der Waals surface area (Å²) in [5.74, 6) is 0. The van der Waals surface area contributed by atoms with Gasteiger partial charge in [0.05, 0.1) is 15.6 Å². The third-order valence-corrected chi connectivity index (χ3v) is 4.94. The molecule has 0 bridgehead atoms. The maximum atomic E-state index is 12.1. The van der Waals surface area contributed by atoms with Gasteiger partial charge in [0.1, 0.15) is 0 Å². The summed E-state index contributed by atoms with van der Waals surface area (Å²) in [6.45, 7) is 0. The van der Waals surface area contributed by atoms with E-state index in [0.29, 0.717) is 5.69 Å². The lowest BCUT2D eigenvalue weighted by Gasteiger charge is -2.16. The van der Waals surface area contributed by atoms with Gasteiger partial charge < -0.3 is 5.73 Å². The van der Waals surface area contributed by atoms with Gasteiger partial charge in [0.2, 0.25) is 10.0 Å². The van der Waals surface area contributed by atoms with Crippen molar-refractivity contribution in [1.29, 1.82) is 0 Å². The number of rotatable bonds is 3. The number of hydrogen-bond acceptors (Lipinski definition) is 3. The zero-order valence-corrected chi connectivity index (χ0v) is 10.4. The summed E-state index contributed by atoms with van der Waals surface area (Å²) in [5, 5.41) is 0.269. The molecule has 2 N–H and O–H groups in total. The van der Waals surface area contributed by atoms with Gasteiger partial charge in [0.25, 0.3) is 0 Å². The van der Waals surface area contributed by atoms with Crippen molar-refractivity contribution in [2.45, 2.75) is 23.8 Å². The van der Waals surface area contributed by atoms with Crippen molar-refractivity contribution in [3.63, 3.8) is 0 Å². The van der Waals surface area contributed by atoms with Crippen LogP contribution in [0.1, 0.15) is 12.8 Å². The largest absolute Gasteiger partial charge is 0.398 e. The number of nitrogen functional groups attached to an aromatic ring is 1. The first-order valence-corrected chi connectivity index (χ1v) is 6.78. The summed E-state index contributed by atoms with van der Waals surface area (Å²) >= 11 is 5.81. The van der Waals surface area contributed by atoms with Crippen LogP contribution in [0.4, 0.5) is 5.69 Å². The molecule has 1 aromatic carbocycles. The fourth-order valence-electron chi connectivity index (χ4n) is 1.47. The van der Waals surface area contributed by atoms with Crippen molar-refractivity contribution in [3.05, 3.63) is 23.2 Å². The molecular weight excluding hydrogens is 248 g/mol. The van der Waals surface area contributed by atoms with Gasteiger partial charge in [-0.2, -0.15) is 4.31 Å². The Hall–Kier alpha value is -0.780. The highest BCUT2D eigenvalue weighted by molar-refractivity contribution is 7.89. The molecule has 1 aromatic rings. The second-order valence-corrected chi connectivity index (χ2v) is 6.34. The van der Waals surface area contributed by atoms with E-state index >= 15 is 0 Å². The van der Waals surface area contributed by atoms with Crippen molar-refractivity contribution in [2.24, 2.45) is 0 Å². The fourth-order valence-corrected chi connectivity index (χ4v) is 3.16. The zero-order chi connectivity index (χ0) is 11.9. The molecule has 6 heteroatoms. The van der Waals surface area contributed by atoms with Gasteiger partial charge in [-0.1, -0.05) is 11.6 Å². The Morgan fingerprint density at radius 2 is 2.06 bits per heavy atom. The molecule has 0 aliphatic heterocycles. The van der Waals surface area contributed by atoms with Crippen LogP contribution in [0, 0.1) is 0 Å². The average Bonchev–Trinajstić information content (AvgIpc) is 3.04. The van der Waals surface area contributed by atoms with Gasteiger partial charge in [-0.25, -0.2) is 8.42 Å². The molecule has 0 radical (unpaired) electrons. The molecule has 0 aromatic heterocycles. The van der Waals surface area contributed by atoms with E-state index in [9.17, 15) is 8.42 Å². The predicted octanol–water partition coefficient (Wildman–Crippen LogP) is 1.71. The zero-order valence-electron chi connectivity index (χ0n) is 8.85. The normalized spacial score (nSPS) is 16.7. The van der Waals surface area contributed by atoms with Crippen LogP contribution >= 0.6 is 11.6 Å². The van der Waals surface area contributed by atoms with E-state index < -0.39 is 10.0 Å². The first-order chi connectivity index (χ1) is 7.43. The van der Waals surface area contributed by atoms with Crippen LogP contribution in [0.2, 0.25) is 5.02 Å². The molecule has 0 saturated heterocycles. The van der Waals surface area contributed by atoms with Gasteiger partial charge >= 0.3 is 0 Å². The number of hydrogen-bond donors (Lipinski definition) is 1. The van der Waals surface area contributed by atoms with Gasteiger partial charge in [0, 0.05) is 13.1 Å². The lowest BCUT2D eigenvalue weighted by Crippen LogP contribution is -2.28. The summed E-state index contributed by atoms with van der Waals surface area (Å²) in [7, 11) is -1.83. The molecular formula is C10H13ClN2O2S. The molecule has 0 amide bonds. The Kier molecular flexibility index (Phi) is 2.86. The molecule has 0 heterocycles. The lowest BCUT2D eigenvalue weighted by molar-refractivity contribution is 0.464. The minimum atomic E-state index is -3.42. The predicted molar refractivity (Wildman–Crippen MR) is 63.8 cm³/mol. The second kappa shape index (κ2) is 3.91. The van der Waals surface area contributed by atoms with E-state index in [-0.39, 0.29) is 16.0 Å². The molecule has 2 rings (SSSR count). The van der Waals surface area contributed by atoms with Crippen LogP contribution in [0.15, 0.2) is 23.1 Å². The minimum Gasteiger partial charge on any atom is -0.398 e. The number of anilines is 1. The Labute approximate surface area is 100 Å². The van der Waals surface area contributed by atoms with Gasteiger partial charge in [-0.3, -0.25) is 0 Å². The number of nitrogens with two attached hydrogens (primary N) is 1. The van der Waals surface area contributed by atoms with Crippen LogP contribution in [0.25, 0.3) is 0 Å². The van der Waals surface area contributed by atoms with Crippen LogP contribution in [0.3, 0.4) is 0 Å². The number of sulfonamides is 1. The Balaban J connectivity index is 2.38. The first-order valence-electron chi connectivity index (χ1n) is 4.96. The summed E-state index contributed by atoms with van der Waals surface area (Å²) < 4.78 is 25.6. The van der Waals surface area contributed by atoms with Crippen molar-refractivity contribution in [1.82, 2.24) is 4.31 Å². The molecule has 1 aliphatic carbocycles. The monoisotopic (exact) mass is 260 g/mol. The maximum absolute atomic E-state index is 12.1. The molecule has 1 aliphatic rings. The quantitative estimate of drug-likeness (QED) is 0.842. The highest BCUT2D eigenvalue weighted by Gasteiger charge is 2.35. The van der Waals surface area contributed by atoms with E-state index in [1.165, 1.54) is 22.5 Å². The SMILES string of the molecule is CN(C1CC1)S(=O)(=O)c1ccc(N)c(Cl)c1. The van der Waals surface area contributed by atoms with E-state index in [1.807, 2.05) is 0 Å². The number of nitrogens with zero attached hydrogens (tertiary/aromatic N) is 1. The Morgan fingerprint density at radius 1 is 1.44 bits per heavy atom. The topological polar surface area (TPSA) is 63.4 Å². The van der Waals surface area contributed by atoms with E-state index in [0.717, 1.165) is 12.8 Å². The standard InChI is InChI=1S/C10H13ClN2O2S/c1-13(7-2-3-7)16(14,15)8-4-5-10(12)9(11)6-8/h4-7H,2-3,12H2,1H3. The third kappa shape index (κ3) is 2.03. The van der Waals surface area contributed by atoms with Crippen LogP contribution in [0.5, 0.6) is 0 Å². The maximum Gasteiger partial charge on any atom is 0.243 e. The van der Waals surface area contributed by atoms with Crippen LogP contribution in [-0.4, -0.2) is 25.8 Å². The lowest BCUT2D eigenvalue weighted by atomic mass is 10.3. The van der Waals surface area contributed by atoms with Crippen molar-refractivity contribution < 1.29 is 8.42 Å². The molecule has 0 unspecified atom stereocenters. The average molecular weight is 261 g/mol. The van der Waals surface area contributed by atoms with Gasteiger partial charge in [-0.15, -0.1) is 0 Å². The molecule has 16 heavy (non-hydrogen) atoms. The summed E-state index contributed by atoms with van der Waals surface area (Å²) in [4.78, 5) is 0.195. The summed E-state index contributed by atoms with van der Waals surface area (Å²) in [6, 6.07) is 4.53. The van der Waals surface area contributed by atoms with Gasteiger partial charge in [-0.05, 0) is 31.0 Å². The summed E-state index contributed by atoms with van der Waals surface area (Å²) in [6.07, 6.45) is 1.86. The van der Waals surface area contributed by atoms with E-state index in [1.54, 1.807) is 7.05 Å². The van der Waals surface area contributed by atoms with Crippen molar-refractivity contribution in [3.8, 4) is 0 Å². The fraction of sp³-hybridized carbons (Fsp3) is 0.400. The van der Waals surface area contributed by atoms with Crippen LogP contribution in [-0.2, 0) is 10.0 Å². The first kappa shape index (κ1) is 11.7. The molecule has 0 atom stereocenters. The Bertz CT molecular complexity index is 512. The van der Waals surface area contributed by atoms with Crippen molar-refractivity contribution >= 4 is 27.3 Å². The second-order valence-electron chi connectivity index (χ2n) is 3.94. The smallest absolute Gasteiger partial charge is 0.243 e. The van der Waals surface area contributed by atoms with E-state index in [2.05, 4.69) is 0 Å². The van der Waals surface area contributed by atoms with E-state index in [4.69, 9.17) is 17.3 Å². The molecule has 1 fully saturated rings. The van der Waals surface area contributed by atoms with Crippen molar-refractivity contribution in [2.75, 3.05) is 12.8 Å². The highest BCUT2D eigenvalue weighted by Crippen LogP contribution is 2.31.